The van der Waals surface area contributed by atoms with Crippen LogP contribution in [0.4, 0.5) is 0 Å². The highest BCUT2D eigenvalue weighted by Crippen LogP contribution is 2.26. The van der Waals surface area contributed by atoms with E-state index in [9.17, 15) is 9.59 Å². The quantitative estimate of drug-likeness (QED) is 0.581. The zero-order valence-electron chi connectivity index (χ0n) is 15.8. The fourth-order valence-electron chi connectivity index (χ4n) is 2.49. The molecule has 0 bridgehead atoms. The first-order valence-electron chi connectivity index (χ1n) is 8.29. The second-order valence-electron chi connectivity index (χ2n) is 6.67. The Balaban J connectivity index is 2.49. The van der Waals surface area contributed by atoms with Crippen LogP contribution < -0.4 is 0 Å². The summed E-state index contributed by atoms with van der Waals surface area (Å²) in [5.74, 6) is -0.505. The van der Waals surface area contributed by atoms with Crippen molar-refractivity contribution in [1.29, 1.82) is 0 Å². The van der Waals surface area contributed by atoms with Crippen molar-refractivity contribution in [3.63, 3.8) is 0 Å². The standard InChI is InChI=1S/C19H24N2O5/c1-7-25-12(2)17-14-10-13(18(23)24-6)8-9-15(14)21(20-17)11-16(22)26-19(3,4)5/h8-10H,2,7,11H2,1,3-6H3. The molecule has 0 aliphatic carbocycles. The topological polar surface area (TPSA) is 79.7 Å². The van der Waals surface area contributed by atoms with Crippen LogP contribution >= 0.6 is 0 Å². The third-order valence-electron chi connectivity index (χ3n) is 3.45. The minimum Gasteiger partial charge on any atom is -0.492 e. The maximum absolute atomic E-state index is 12.2. The molecule has 0 fully saturated rings. The number of ether oxygens (including phenoxy) is 3. The van der Waals surface area contributed by atoms with Crippen molar-refractivity contribution in [2.24, 2.45) is 0 Å². The normalized spacial score (nSPS) is 11.3. The van der Waals surface area contributed by atoms with Crippen LogP contribution in [0.25, 0.3) is 16.7 Å². The number of hydrogen-bond acceptors (Lipinski definition) is 6. The number of aromatic nitrogens is 2. The van der Waals surface area contributed by atoms with E-state index in [1.807, 2.05) is 6.92 Å². The lowest BCUT2D eigenvalue weighted by atomic mass is 10.1. The Bertz CT molecular complexity index is 845. The Morgan fingerprint density at radius 2 is 1.96 bits per heavy atom. The highest BCUT2D eigenvalue weighted by Gasteiger charge is 2.21. The van der Waals surface area contributed by atoms with E-state index in [0.717, 1.165) is 0 Å². The number of benzene rings is 1. The summed E-state index contributed by atoms with van der Waals surface area (Å²) >= 11 is 0. The lowest BCUT2D eigenvalue weighted by Crippen LogP contribution is -2.26. The summed E-state index contributed by atoms with van der Waals surface area (Å²) < 4.78 is 17.1. The van der Waals surface area contributed by atoms with Gasteiger partial charge in [0.15, 0.2) is 0 Å². The molecule has 26 heavy (non-hydrogen) atoms. The van der Waals surface area contributed by atoms with Crippen molar-refractivity contribution in [2.75, 3.05) is 13.7 Å². The van der Waals surface area contributed by atoms with Gasteiger partial charge in [0, 0.05) is 5.39 Å². The van der Waals surface area contributed by atoms with Gasteiger partial charge >= 0.3 is 11.9 Å². The van der Waals surface area contributed by atoms with E-state index in [0.29, 0.717) is 34.5 Å². The van der Waals surface area contributed by atoms with Gasteiger partial charge in [0.1, 0.15) is 23.6 Å². The summed E-state index contributed by atoms with van der Waals surface area (Å²) in [5, 5.41) is 5.09. The van der Waals surface area contributed by atoms with E-state index in [1.165, 1.54) is 11.8 Å². The molecular formula is C19H24N2O5. The summed E-state index contributed by atoms with van der Waals surface area (Å²) in [7, 11) is 1.32. The van der Waals surface area contributed by atoms with Crippen LogP contribution in [-0.4, -0.2) is 41.0 Å². The largest absolute Gasteiger partial charge is 0.492 e. The summed E-state index contributed by atoms with van der Waals surface area (Å²) in [6, 6.07) is 4.98. The summed E-state index contributed by atoms with van der Waals surface area (Å²) in [6.45, 7) is 11.5. The van der Waals surface area contributed by atoms with Crippen molar-refractivity contribution in [3.05, 3.63) is 36.0 Å². The first-order valence-corrected chi connectivity index (χ1v) is 8.29. The number of carbonyl (C=O) groups excluding carboxylic acids is 2. The van der Waals surface area contributed by atoms with Crippen molar-refractivity contribution in [1.82, 2.24) is 9.78 Å². The van der Waals surface area contributed by atoms with Gasteiger partial charge in [-0.1, -0.05) is 6.58 Å². The monoisotopic (exact) mass is 360 g/mol. The van der Waals surface area contributed by atoms with Gasteiger partial charge in [-0.2, -0.15) is 5.10 Å². The van der Waals surface area contributed by atoms with Crippen LogP contribution in [0.5, 0.6) is 0 Å². The fraction of sp³-hybridized carbons (Fsp3) is 0.421. The maximum Gasteiger partial charge on any atom is 0.337 e. The molecule has 0 atom stereocenters. The molecule has 0 aliphatic heterocycles. The van der Waals surface area contributed by atoms with Gasteiger partial charge in [-0.15, -0.1) is 0 Å². The molecule has 1 aromatic heterocycles. The van der Waals surface area contributed by atoms with Crippen LogP contribution in [0.3, 0.4) is 0 Å². The number of methoxy groups -OCH3 is 1. The zero-order valence-corrected chi connectivity index (χ0v) is 15.8. The van der Waals surface area contributed by atoms with Crippen molar-refractivity contribution >= 4 is 28.6 Å². The number of nitrogens with zero attached hydrogens (tertiary/aromatic N) is 2. The molecule has 0 radical (unpaired) electrons. The van der Waals surface area contributed by atoms with Gasteiger partial charge in [0.2, 0.25) is 0 Å². The Morgan fingerprint density at radius 1 is 1.27 bits per heavy atom. The Labute approximate surface area is 152 Å². The number of carbonyl (C=O) groups is 2. The molecule has 1 aromatic carbocycles. The minimum atomic E-state index is -0.587. The number of fused-ring (bicyclic) bond motifs is 1. The van der Waals surface area contributed by atoms with Crippen LogP contribution in [0.15, 0.2) is 24.8 Å². The molecule has 2 rings (SSSR count). The molecule has 140 valence electrons. The first-order chi connectivity index (χ1) is 12.2. The number of esters is 2. The van der Waals surface area contributed by atoms with Crippen molar-refractivity contribution in [2.45, 2.75) is 39.8 Å². The lowest BCUT2D eigenvalue weighted by Gasteiger charge is -2.19. The van der Waals surface area contributed by atoms with Crippen molar-refractivity contribution in [3.8, 4) is 0 Å². The van der Waals surface area contributed by atoms with Crippen LogP contribution in [0.1, 0.15) is 43.7 Å². The molecule has 7 nitrogen and oxygen atoms in total. The van der Waals surface area contributed by atoms with Gasteiger partial charge in [-0.05, 0) is 45.9 Å². The molecule has 7 heteroatoms. The Morgan fingerprint density at radius 3 is 2.54 bits per heavy atom. The molecule has 0 saturated carbocycles. The van der Waals surface area contributed by atoms with Crippen LogP contribution in [0.2, 0.25) is 0 Å². The zero-order chi connectivity index (χ0) is 19.5. The van der Waals surface area contributed by atoms with Gasteiger partial charge in [-0.25, -0.2) is 4.79 Å². The summed E-state index contributed by atoms with van der Waals surface area (Å²) in [6.07, 6.45) is 0. The third kappa shape index (κ3) is 4.41. The number of rotatable bonds is 6. The predicted molar refractivity (Wildman–Crippen MR) is 97.6 cm³/mol. The Hall–Kier alpha value is -2.83. The van der Waals surface area contributed by atoms with Gasteiger partial charge < -0.3 is 14.2 Å². The second kappa shape index (κ2) is 7.59. The minimum absolute atomic E-state index is 0.0647. The first kappa shape index (κ1) is 19.5. The van der Waals surface area contributed by atoms with Gasteiger partial charge in [0.05, 0.1) is 24.8 Å². The van der Waals surface area contributed by atoms with Crippen molar-refractivity contribution < 1.29 is 23.8 Å². The highest BCUT2D eigenvalue weighted by atomic mass is 16.6. The number of hydrogen-bond donors (Lipinski definition) is 0. The van der Waals surface area contributed by atoms with E-state index < -0.39 is 17.5 Å². The second-order valence-corrected chi connectivity index (χ2v) is 6.67. The molecule has 1 heterocycles. The van der Waals surface area contributed by atoms with E-state index in [1.54, 1.807) is 39.0 Å². The summed E-state index contributed by atoms with van der Waals surface area (Å²) in [5.41, 5.74) is 0.924. The lowest BCUT2D eigenvalue weighted by molar-refractivity contribution is -0.155. The average molecular weight is 360 g/mol. The SMILES string of the molecule is C=C(OCC)c1nn(CC(=O)OC(C)(C)C)c2ccc(C(=O)OC)cc12. The average Bonchev–Trinajstić information content (AvgIpc) is 2.90. The van der Waals surface area contributed by atoms with E-state index in [4.69, 9.17) is 14.2 Å². The Kier molecular flexibility index (Phi) is 5.69. The molecule has 0 unspecified atom stereocenters. The molecule has 2 aromatic rings. The highest BCUT2D eigenvalue weighted by molar-refractivity contribution is 5.97. The van der Waals surface area contributed by atoms with E-state index in [-0.39, 0.29) is 6.54 Å². The fourth-order valence-corrected chi connectivity index (χ4v) is 2.49. The van der Waals surface area contributed by atoms with E-state index in [2.05, 4.69) is 11.7 Å². The van der Waals surface area contributed by atoms with Crippen LogP contribution in [-0.2, 0) is 25.5 Å². The maximum atomic E-state index is 12.2. The summed E-state index contributed by atoms with van der Waals surface area (Å²) in [4.78, 5) is 24.0. The third-order valence-corrected chi connectivity index (χ3v) is 3.45. The molecule has 0 aliphatic rings. The molecular weight excluding hydrogens is 336 g/mol. The van der Waals surface area contributed by atoms with Crippen LogP contribution in [0, 0.1) is 0 Å². The van der Waals surface area contributed by atoms with E-state index >= 15 is 0 Å². The molecule has 0 amide bonds. The van der Waals surface area contributed by atoms with Gasteiger partial charge in [-0.3, -0.25) is 9.48 Å². The molecule has 0 spiro atoms. The predicted octanol–water partition coefficient (Wildman–Crippen LogP) is 3.17. The van der Waals surface area contributed by atoms with Gasteiger partial charge in [0.25, 0.3) is 0 Å². The molecule has 0 N–H and O–H groups in total. The smallest absolute Gasteiger partial charge is 0.337 e. The molecule has 0 saturated heterocycles.